The van der Waals surface area contributed by atoms with Gasteiger partial charge in [0.15, 0.2) is 0 Å². The van der Waals surface area contributed by atoms with Gasteiger partial charge in [0, 0.05) is 18.5 Å². The van der Waals surface area contributed by atoms with Crippen LogP contribution in [0.3, 0.4) is 0 Å². The molecule has 6 nitrogen and oxygen atoms in total. The summed E-state index contributed by atoms with van der Waals surface area (Å²) < 4.78 is 3.20. The number of pyridine rings is 1. The van der Waals surface area contributed by atoms with Crippen molar-refractivity contribution in [2.45, 2.75) is 18.1 Å². The van der Waals surface area contributed by atoms with Crippen molar-refractivity contribution in [1.29, 1.82) is 0 Å². The molecule has 0 spiro atoms. The van der Waals surface area contributed by atoms with E-state index >= 15 is 0 Å². The van der Waals surface area contributed by atoms with Crippen molar-refractivity contribution in [3.63, 3.8) is 0 Å². The van der Waals surface area contributed by atoms with Crippen LogP contribution in [0.2, 0.25) is 5.15 Å². The van der Waals surface area contributed by atoms with Crippen LogP contribution in [-0.2, 0) is 0 Å². The smallest absolute Gasteiger partial charge is 0.275 e. The van der Waals surface area contributed by atoms with Crippen molar-refractivity contribution in [1.82, 2.24) is 24.1 Å². The van der Waals surface area contributed by atoms with Crippen LogP contribution in [0.5, 0.6) is 0 Å². The van der Waals surface area contributed by atoms with Gasteiger partial charge in [-0.2, -0.15) is 9.50 Å². The number of thioether (sulfide) groups is 1. The molecule has 3 rings (SSSR count). The monoisotopic (exact) mass is 321 g/mol. The van der Waals surface area contributed by atoms with E-state index in [1.54, 1.807) is 18.5 Å². The Morgan fingerprint density at radius 2 is 2.14 bits per heavy atom. The van der Waals surface area contributed by atoms with Crippen molar-refractivity contribution >= 4 is 29.1 Å². The molecular formula is C13H12ClN5OS. The maximum atomic E-state index is 11.9. The summed E-state index contributed by atoms with van der Waals surface area (Å²) in [6.45, 7) is 2.00. The molecule has 8 heteroatoms. The lowest BCUT2D eigenvalue weighted by Gasteiger charge is -2.16. The average molecular weight is 322 g/mol. The summed E-state index contributed by atoms with van der Waals surface area (Å²) in [7, 11) is 0. The molecule has 0 saturated heterocycles. The highest BCUT2D eigenvalue weighted by Gasteiger charge is 2.14. The molecule has 0 amide bonds. The largest absolute Gasteiger partial charge is 0.310 e. The zero-order valence-corrected chi connectivity index (χ0v) is 13.0. The summed E-state index contributed by atoms with van der Waals surface area (Å²) in [4.78, 5) is 20.3. The number of rotatable bonds is 3. The van der Waals surface area contributed by atoms with Crippen LogP contribution in [0.15, 0.2) is 40.5 Å². The first kappa shape index (κ1) is 14.1. The Morgan fingerprint density at radius 3 is 2.81 bits per heavy atom. The van der Waals surface area contributed by atoms with Gasteiger partial charge < -0.3 is 4.57 Å². The van der Waals surface area contributed by atoms with E-state index in [-0.39, 0.29) is 11.6 Å². The summed E-state index contributed by atoms with van der Waals surface area (Å²) >= 11 is 7.21. The van der Waals surface area contributed by atoms with Crippen molar-refractivity contribution < 1.29 is 0 Å². The highest BCUT2D eigenvalue weighted by atomic mass is 35.5. The third-order valence-electron chi connectivity index (χ3n) is 3.22. The molecule has 0 aromatic carbocycles. The van der Waals surface area contributed by atoms with Crippen LogP contribution in [-0.4, -0.2) is 30.4 Å². The van der Waals surface area contributed by atoms with Gasteiger partial charge in [-0.05, 0) is 24.8 Å². The van der Waals surface area contributed by atoms with Gasteiger partial charge in [-0.1, -0.05) is 29.4 Å². The Kier molecular flexibility index (Phi) is 3.69. The van der Waals surface area contributed by atoms with Crippen LogP contribution < -0.4 is 5.56 Å². The minimum absolute atomic E-state index is 0.0447. The Morgan fingerprint density at radius 1 is 1.33 bits per heavy atom. The normalized spacial score (nSPS) is 12.7. The summed E-state index contributed by atoms with van der Waals surface area (Å²) in [5.41, 5.74) is 0.772. The summed E-state index contributed by atoms with van der Waals surface area (Å²) in [5, 5.41) is 5.19. The Hall–Kier alpha value is -1.86. The van der Waals surface area contributed by atoms with E-state index in [1.807, 2.05) is 23.8 Å². The van der Waals surface area contributed by atoms with E-state index in [4.69, 9.17) is 11.6 Å². The molecule has 21 heavy (non-hydrogen) atoms. The lowest BCUT2D eigenvalue weighted by molar-refractivity contribution is 0.628. The van der Waals surface area contributed by atoms with Crippen molar-refractivity contribution in [3.05, 3.63) is 51.7 Å². The number of nitrogens with zero attached hydrogens (tertiary/aromatic N) is 5. The van der Waals surface area contributed by atoms with Gasteiger partial charge in [0.1, 0.15) is 5.15 Å². The van der Waals surface area contributed by atoms with Crippen LogP contribution >= 0.6 is 23.4 Å². The third-order valence-corrected chi connectivity index (χ3v) is 3.98. The van der Waals surface area contributed by atoms with E-state index in [0.717, 1.165) is 5.56 Å². The van der Waals surface area contributed by atoms with Gasteiger partial charge in [0.25, 0.3) is 5.56 Å². The van der Waals surface area contributed by atoms with Crippen molar-refractivity contribution in [3.8, 4) is 0 Å². The van der Waals surface area contributed by atoms with Crippen LogP contribution in [0.25, 0.3) is 5.78 Å². The second kappa shape index (κ2) is 5.50. The fraction of sp³-hybridized carbons (Fsp3) is 0.231. The van der Waals surface area contributed by atoms with Gasteiger partial charge in [-0.25, -0.2) is 4.98 Å². The molecule has 0 bridgehead atoms. The molecule has 1 unspecified atom stereocenters. The Bertz CT molecular complexity index is 842. The lowest BCUT2D eigenvalue weighted by atomic mass is 10.1. The van der Waals surface area contributed by atoms with Crippen LogP contribution in [0.1, 0.15) is 18.5 Å². The Labute approximate surface area is 129 Å². The zero-order valence-electron chi connectivity index (χ0n) is 11.4. The van der Waals surface area contributed by atoms with E-state index in [0.29, 0.717) is 16.1 Å². The lowest BCUT2D eigenvalue weighted by Crippen LogP contribution is -2.19. The highest BCUT2D eigenvalue weighted by molar-refractivity contribution is 7.98. The number of fused-ring (bicyclic) bond motifs is 1. The molecule has 0 N–H and O–H groups in total. The molecule has 0 fully saturated rings. The average Bonchev–Trinajstić information content (AvgIpc) is 2.93. The molecule has 0 radical (unpaired) electrons. The molecule has 108 valence electrons. The zero-order chi connectivity index (χ0) is 15.0. The van der Waals surface area contributed by atoms with Gasteiger partial charge in [-0.15, -0.1) is 5.10 Å². The number of hydrogen-bond donors (Lipinski definition) is 0. The number of halogens is 1. The number of hydrogen-bond acceptors (Lipinski definition) is 5. The molecule has 3 aromatic rings. The van der Waals surface area contributed by atoms with Gasteiger partial charge >= 0.3 is 0 Å². The Balaban J connectivity index is 2.15. The fourth-order valence-electron chi connectivity index (χ4n) is 2.07. The van der Waals surface area contributed by atoms with E-state index < -0.39 is 0 Å². The van der Waals surface area contributed by atoms with Crippen LogP contribution in [0, 0.1) is 0 Å². The van der Waals surface area contributed by atoms with Gasteiger partial charge in [-0.3, -0.25) is 4.79 Å². The maximum absolute atomic E-state index is 11.9. The minimum atomic E-state index is -0.199. The van der Waals surface area contributed by atoms with E-state index in [9.17, 15) is 4.79 Å². The molecule has 3 aromatic heterocycles. The van der Waals surface area contributed by atoms with Crippen LogP contribution in [0.4, 0.5) is 0 Å². The predicted octanol–water partition coefficient (Wildman–Crippen LogP) is 2.27. The molecule has 1 atom stereocenters. The molecule has 0 aliphatic carbocycles. The molecule has 0 saturated carbocycles. The number of aromatic nitrogens is 5. The van der Waals surface area contributed by atoms with Crippen molar-refractivity contribution in [2.75, 3.05) is 6.26 Å². The molecule has 0 aliphatic rings. The SMILES string of the molecule is CSc1nc2n(C(C)c3ccc(Cl)nc3)ccc(=O)n2n1. The summed E-state index contributed by atoms with van der Waals surface area (Å²) in [5.74, 6) is 0.509. The van der Waals surface area contributed by atoms with E-state index in [2.05, 4.69) is 15.1 Å². The summed E-state index contributed by atoms with van der Waals surface area (Å²) in [6.07, 6.45) is 5.30. The third kappa shape index (κ3) is 2.54. The first-order valence-electron chi connectivity index (χ1n) is 6.23. The minimum Gasteiger partial charge on any atom is -0.310 e. The van der Waals surface area contributed by atoms with Gasteiger partial charge in [0.05, 0.1) is 6.04 Å². The molecular weight excluding hydrogens is 310 g/mol. The quantitative estimate of drug-likeness (QED) is 0.547. The highest BCUT2D eigenvalue weighted by Crippen LogP contribution is 2.20. The molecule has 3 heterocycles. The topological polar surface area (TPSA) is 65.1 Å². The predicted molar refractivity (Wildman–Crippen MR) is 82.1 cm³/mol. The van der Waals surface area contributed by atoms with E-state index in [1.165, 1.54) is 22.3 Å². The summed E-state index contributed by atoms with van der Waals surface area (Å²) in [6, 6.07) is 5.08. The molecule has 0 aliphatic heterocycles. The van der Waals surface area contributed by atoms with Gasteiger partial charge in [0.2, 0.25) is 10.9 Å². The maximum Gasteiger partial charge on any atom is 0.275 e. The fourth-order valence-corrected chi connectivity index (χ4v) is 2.51. The first-order valence-corrected chi connectivity index (χ1v) is 7.84. The second-order valence-electron chi connectivity index (χ2n) is 4.46. The second-order valence-corrected chi connectivity index (χ2v) is 5.62. The van der Waals surface area contributed by atoms with Crippen molar-refractivity contribution in [2.24, 2.45) is 0 Å². The standard InChI is InChI=1S/C13H12ClN5OS/c1-8(9-3-4-10(14)15-7-9)18-6-5-11(20)19-13(18)16-12(17-19)21-2/h3-8H,1-2H3. The first-order chi connectivity index (χ1) is 10.1.